The van der Waals surface area contributed by atoms with Crippen LogP contribution in [0.4, 0.5) is 4.79 Å². The van der Waals surface area contributed by atoms with Gasteiger partial charge in [-0.25, -0.2) is 9.59 Å². The maximum absolute atomic E-state index is 11.7. The molecule has 1 aromatic rings. The summed E-state index contributed by atoms with van der Waals surface area (Å²) in [7, 11) is 2.76. The van der Waals surface area contributed by atoms with Crippen molar-refractivity contribution in [2.45, 2.75) is 19.9 Å². The van der Waals surface area contributed by atoms with Gasteiger partial charge in [-0.2, -0.15) is 0 Å². The summed E-state index contributed by atoms with van der Waals surface area (Å²) in [6, 6.07) is 1.07. The van der Waals surface area contributed by atoms with Gasteiger partial charge in [0.1, 0.15) is 17.1 Å². The number of ether oxygens (including phenoxy) is 1. The van der Waals surface area contributed by atoms with Gasteiger partial charge in [-0.05, 0) is 13.0 Å². The van der Waals surface area contributed by atoms with Crippen molar-refractivity contribution >= 4 is 18.0 Å². The lowest BCUT2D eigenvalue weighted by molar-refractivity contribution is -0.137. The first kappa shape index (κ1) is 16.5. The predicted molar refractivity (Wildman–Crippen MR) is 71.9 cm³/mol. The number of carboxylic acids is 1. The molecule has 0 saturated heterocycles. The van der Waals surface area contributed by atoms with E-state index in [2.05, 4.69) is 10.1 Å². The first-order valence-corrected chi connectivity index (χ1v) is 6.23. The summed E-state index contributed by atoms with van der Waals surface area (Å²) in [5.41, 5.74) is 0.306. The molecule has 2 N–H and O–H groups in total. The molecule has 0 aromatic carbocycles. The number of rotatable bonds is 6. The van der Waals surface area contributed by atoms with Gasteiger partial charge >= 0.3 is 18.0 Å². The Hall–Kier alpha value is -2.51. The number of aryl methyl sites for hydroxylation is 1. The number of urea groups is 1. The fourth-order valence-electron chi connectivity index (χ4n) is 1.61. The number of methoxy groups -OCH3 is 1. The minimum Gasteiger partial charge on any atom is -0.481 e. The van der Waals surface area contributed by atoms with Crippen LogP contribution in [-0.4, -0.2) is 48.7 Å². The van der Waals surface area contributed by atoms with E-state index in [1.54, 1.807) is 6.92 Å². The summed E-state index contributed by atoms with van der Waals surface area (Å²) in [5, 5.41) is 11.1. The summed E-state index contributed by atoms with van der Waals surface area (Å²) >= 11 is 0. The summed E-state index contributed by atoms with van der Waals surface area (Å²) in [5.74, 6) is -0.662. The molecule has 0 radical (unpaired) electrons. The average Bonchev–Trinajstić information content (AvgIpc) is 2.82. The lowest BCUT2D eigenvalue weighted by Gasteiger charge is -2.16. The van der Waals surface area contributed by atoms with E-state index in [9.17, 15) is 14.4 Å². The first-order valence-electron chi connectivity index (χ1n) is 6.23. The van der Waals surface area contributed by atoms with Gasteiger partial charge in [0.05, 0.1) is 20.1 Å². The highest BCUT2D eigenvalue weighted by atomic mass is 16.5. The molecule has 21 heavy (non-hydrogen) atoms. The molecule has 0 aliphatic heterocycles. The zero-order valence-electron chi connectivity index (χ0n) is 12.1. The number of esters is 1. The van der Waals surface area contributed by atoms with Crippen molar-refractivity contribution in [3.8, 4) is 0 Å². The second-order valence-electron chi connectivity index (χ2n) is 4.40. The molecule has 116 valence electrons. The molecule has 0 atom stereocenters. The van der Waals surface area contributed by atoms with Crippen LogP contribution in [0.15, 0.2) is 10.5 Å². The molecule has 0 saturated carbocycles. The van der Waals surface area contributed by atoms with Gasteiger partial charge in [-0.15, -0.1) is 0 Å². The van der Waals surface area contributed by atoms with Gasteiger partial charge in [0.15, 0.2) is 0 Å². The number of furan rings is 1. The summed E-state index contributed by atoms with van der Waals surface area (Å²) in [4.78, 5) is 34.8. The van der Waals surface area contributed by atoms with Crippen LogP contribution in [0.5, 0.6) is 0 Å². The molecule has 1 rings (SSSR count). The van der Waals surface area contributed by atoms with Crippen molar-refractivity contribution in [1.29, 1.82) is 0 Å². The minimum atomic E-state index is -0.973. The molecule has 0 fully saturated rings. The third-order valence-electron chi connectivity index (χ3n) is 2.80. The normalized spacial score (nSPS) is 10.0. The van der Waals surface area contributed by atoms with Crippen molar-refractivity contribution < 1.29 is 28.6 Å². The average molecular weight is 298 g/mol. The maximum atomic E-state index is 11.7. The van der Waals surface area contributed by atoms with Crippen LogP contribution in [0.1, 0.15) is 28.3 Å². The molecule has 0 aliphatic carbocycles. The van der Waals surface area contributed by atoms with E-state index in [0.29, 0.717) is 17.1 Å². The van der Waals surface area contributed by atoms with Crippen LogP contribution in [-0.2, 0) is 16.1 Å². The van der Waals surface area contributed by atoms with Gasteiger partial charge in [0.25, 0.3) is 0 Å². The zero-order chi connectivity index (χ0) is 16.0. The molecule has 0 spiro atoms. The Bertz CT molecular complexity index is 537. The molecular weight excluding hydrogens is 280 g/mol. The topological polar surface area (TPSA) is 109 Å². The minimum absolute atomic E-state index is 0.0913. The molecule has 2 amide bonds. The number of aliphatic carboxylic acids is 1. The van der Waals surface area contributed by atoms with Crippen molar-refractivity contribution in [3.63, 3.8) is 0 Å². The Morgan fingerprint density at radius 2 is 2.10 bits per heavy atom. The van der Waals surface area contributed by atoms with E-state index in [1.807, 2.05) is 0 Å². The number of carbonyl (C=O) groups is 3. The van der Waals surface area contributed by atoms with E-state index in [1.165, 1.54) is 25.1 Å². The Balaban J connectivity index is 2.53. The number of carbonyl (C=O) groups excluding carboxylic acids is 2. The predicted octanol–water partition coefficient (Wildman–Crippen LogP) is 0.991. The highest BCUT2D eigenvalue weighted by molar-refractivity contribution is 5.90. The Labute approximate surface area is 121 Å². The van der Waals surface area contributed by atoms with Crippen LogP contribution in [0.25, 0.3) is 0 Å². The largest absolute Gasteiger partial charge is 0.481 e. The molecule has 8 nitrogen and oxygen atoms in total. The van der Waals surface area contributed by atoms with Gasteiger partial charge in [-0.3, -0.25) is 4.79 Å². The lowest BCUT2D eigenvalue weighted by Crippen LogP contribution is -2.37. The molecule has 0 bridgehead atoms. The molecule has 1 aromatic heterocycles. The van der Waals surface area contributed by atoms with Gasteiger partial charge in [0.2, 0.25) is 0 Å². The third-order valence-corrected chi connectivity index (χ3v) is 2.80. The van der Waals surface area contributed by atoms with E-state index in [-0.39, 0.29) is 19.5 Å². The third kappa shape index (κ3) is 4.83. The molecule has 0 aliphatic rings. The fraction of sp³-hybridized carbons (Fsp3) is 0.462. The van der Waals surface area contributed by atoms with Gasteiger partial charge in [0, 0.05) is 13.6 Å². The van der Waals surface area contributed by atoms with Crippen molar-refractivity contribution in [3.05, 3.63) is 23.2 Å². The quantitative estimate of drug-likeness (QED) is 0.758. The number of nitrogens with zero attached hydrogens (tertiary/aromatic N) is 1. The number of nitrogens with one attached hydrogen (secondary N) is 1. The number of carboxylic acid groups (broad SMARTS) is 1. The number of hydrogen-bond donors (Lipinski definition) is 2. The molecule has 1 heterocycles. The number of amides is 2. The van der Waals surface area contributed by atoms with Crippen LogP contribution in [0.3, 0.4) is 0 Å². The lowest BCUT2D eigenvalue weighted by atomic mass is 10.2. The highest BCUT2D eigenvalue weighted by Gasteiger charge is 2.16. The standard InChI is InChI=1S/C13H18N2O6/c1-8-10(12(18)20-3)6-9(21-8)7-14-13(19)15(2)5-4-11(16)17/h6H,4-5,7H2,1-3H3,(H,14,19)(H,16,17). The Morgan fingerprint density at radius 1 is 1.43 bits per heavy atom. The summed E-state index contributed by atoms with van der Waals surface area (Å²) in [6.45, 7) is 1.82. The van der Waals surface area contributed by atoms with Crippen LogP contribution in [0.2, 0.25) is 0 Å². The van der Waals surface area contributed by atoms with E-state index in [0.717, 1.165) is 0 Å². The monoisotopic (exact) mass is 298 g/mol. The second-order valence-corrected chi connectivity index (χ2v) is 4.40. The van der Waals surface area contributed by atoms with E-state index in [4.69, 9.17) is 9.52 Å². The van der Waals surface area contributed by atoms with Gasteiger partial charge in [-0.1, -0.05) is 0 Å². The summed E-state index contributed by atoms with van der Waals surface area (Å²) in [6.07, 6.45) is -0.129. The Morgan fingerprint density at radius 3 is 2.67 bits per heavy atom. The first-order chi connectivity index (χ1) is 9.85. The van der Waals surface area contributed by atoms with Gasteiger partial charge < -0.3 is 24.5 Å². The highest BCUT2D eigenvalue weighted by Crippen LogP contribution is 2.15. The van der Waals surface area contributed by atoms with E-state index >= 15 is 0 Å². The molecule has 8 heteroatoms. The van der Waals surface area contributed by atoms with Crippen molar-refractivity contribution in [1.82, 2.24) is 10.2 Å². The zero-order valence-corrected chi connectivity index (χ0v) is 12.1. The molecular formula is C13H18N2O6. The smallest absolute Gasteiger partial charge is 0.341 e. The van der Waals surface area contributed by atoms with Crippen LogP contribution in [0, 0.1) is 6.92 Å². The van der Waals surface area contributed by atoms with E-state index < -0.39 is 18.0 Å². The van der Waals surface area contributed by atoms with Crippen molar-refractivity contribution in [2.24, 2.45) is 0 Å². The Kier molecular flexibility index (Phi) is 5.77. The second kappa shape index (κ2) is 7.32. The maximum Gasteiger partial charge on any atom is 0.341 e. The SMILES string of the molecule is COC(=O)c1cc(CNC(=O)N(C)CCC(=O)O)oc1C. The summed E-state index contributed by atoms with van der Waals surface area (Å²) < 4.78 is 9.94. The van der Waals surface area contributed by atoms with Crippen LogP contribution >= 0.6 is 0 Å². The van der Waals surface area contributed by atoms with Crippen molar-refractivity contribution in [2.75, 3.05) is 20.7 Å². The van der Waals surface area contributed by atoms with Crippen LogP contribution < -0.4 is 5.32 Å². The molecule has 0 unspecified atom stereocenters. The number of hydrogen-bond acceptors (Lipinski definition) is 5. The fourth-order valence-corrected chi connectivity index (χ4v) is 1.61.